The number of allylic oxidation sites excluding steroid dienone is 1. The molecule has 0 aromatic rings. The van der Waals surface area contributed by atoms with Gasteiger partial charge in [0.25, 0.3) is 0 Å². The summed E-state index contributed by atoms with van der Waals surface area (Å²) in [7, 11) is 2.16. The number of hydrogen-bond acceptors (Lipinski definition) is 2. The van der Waals surface area contributed by atoms with Crippen molar-refractivity contribution in [3.63, 3.8) is 0 Å². The Bertz CT molecular complexity index is 161. The summed E-state index contributed by atoms with van der Waals surface area (Å²) < 4.78 is 0. The third-order valence-corrected chi connectivity index (χ3v) is 3.30. The summed E-state index contributed by atoms with van der Waals surface area (Å²) in [6.07, 6.45) is 0.841. The van der Waals surface area contributed by atoms with E-state index in [9.17, 15) is 0 Å². The van der Waals surface area contributed by atoms with E-state index in [4.69, 9.17) is 5.11 Å². The van der Waals surface area contributed by atoms with Gasteiger partial charge >= 0.3 is 0 Å². The highest BCUT2D eigenvalue weighted by Gasteiger charge is 2.20. The van der Waals surface area contributed by atoms with Crippen LogP contribution in [0, 0.1) is 0 Å². The number of thioether (sulfide) groups is 1. The molecule has 1 atom stereocenters. The lowest BCUT2D eigenvalue weighted by Gasteiger charge is -2.03. The molecule has 0 spiro atoms. The summed E-state index contributed by atoms with van der Waals surface area (Å²) >= 11 is 1.87. The molecule has 0 saturated carbocycles. The summed E-state index contributed by atoms with van der Waals surface area (Å²) in [6.45, 7) is 2.42. The number of rotatable bonds is 2. The molecule has 4 heteroatoms. The molecule has 0 bridgehead atoms. The Balaban J connectivity index is 0.000001000. The van der Waals surface area contributed by atoms with Gasteiger partial charge in [-0.3, -0.25) is 4.90 Å². The fraction of sp³-hybridized carbons (Fsp3) is 0.714. The molecule has 1 aliphatic heterocycles. The Hall–Kier alpha value is 0.740. The van der Waals surface area contributed by atoms with E-state index in [0.717, 1.165) is 12.3 Å². The van der Waals surface area contributed by atoms with Crippen molar-refractivity contribution in [2.75, 3.05) is 19.5 Å². The van der Waals surface area contributed by atoms with Crippen LogP contribution >= 0.6 is 11.8 Å². The second-order valence-electron chi connectivity index (χ2n) is 2.59. The van der Waals surface area contributed by atoms with Crippen molar-refractivity contribution in [3.8, 4) is 0 Å². The Kier molecular flexibility index (Phi) is 5.76. The minimum absolute atomic E-state index is 0. The Morgan fingerprint density at radius 3 is 2.64 bits per heavy atom. The molecule has 0 aliphatic carbocycles. The number of quaternary nitrogens is 1. The van der Waals surface area contributed by atoms with Gasteiger partial charge in [0.05, 0.1) is 7.05 Å². The first kappa shape index (κ1) is 11.7. The average molecular weight is 287 g/mol. The lowest BCUT2D eigenvalue weighted by molar-refractivity contribution is -0.822. The Morgan fingerprint density at radius 2 is 2.27 bits per heavy atom. The lowest BCUT2D eigenvalue weighted by atomic mass is 10.3. The molecule has 11 heavy (non-hydrogen) atoms. The topological polar surface area (TPSA) is 24.7 Å². The minimum Gasteiger partial charge on any atom is -1.00 e. The van der Waals surface area contributed by atoms with Crippen molar-refractivity contribution in [3.05, 3.63) is 10.6 Å². The maximum atomic E-state index is 8.67. The van der Waals surface area contributed by atoms with Gasteiger partial charge < -0.3 is 29.1 Å². The second-order valence-corrected chi connectivity index (χ2v) is 3.66. The van der Waals surface area contributed by atoms with Gasteiger partial charge in [-0.15, -0.1) is 0 Å². The first-order chi connectivity index (χ1) is 4.75. The molecule has 0 amide bonds. The maximum Gasteiger partial charge on any atom is 0.132 e. The van der Waals surface area contributed by atoms with Gasteiger partial charge in [-0.05, 0) is 0 Å². The summed E-state index contributed by atoms with van der Waals surface area (Å²) in [5.74, 6) is 1.13. The van der Waals surface area contributed by atoms with Crippen molar-refractivity contribution in [2.45, 2.75) is 13.3 Å². The molecule has 0 fully saturated rings. The predicted molar refractivity (Wildman–Crippen MR) is 43.7 cm³/mol. The fourth-order valence-corrected chi connectivity index (χ4v) is 2.24. The second kappa shape index (κ2) is 5.40. The molecule has 1 heterocycles. The van der Waals surface area contributed by atoms with E-state index in [-0.39, 0.29) is 30.6 Å². The number of nitrogens with one attached hydrogen (secondary N) is 1. The Morgan fingerprint density at radius 1 is 1.64 bits per heavy atom. The molecule has 2 N–H and O–H groups in total. The monoisotopic (exact) mass is 287 g/mol. The van der Waals surface area contributed by atoms with Gasteiger partial charge in [-0.1, -0.05) is 11.8 Å². The molecule has 2 nitrogen and oxygen atoms in total. The normalized spacial score (nSPS) is 23.7. The summed E-state index contributed by atoms with van der Waals surface area (Å²) in [6, 6.07) is 0. The van der Waals surface area contributed by atoms with Gasteiger partial charge in [0, 0.05) is 24.9 Å². The molecule has 1 unspecified atom stereocenters. The zero-order valence-corrected chi connectivity index (χ0v) is 9.83. The fourth-order valence-electron chi connectivity index (χ4n) is 1.01. The van der Waals surface area contributed by atoms with Crippen molar-refractivity contribution >= 4 is 11.8 Å². The highest BCUT2D eigenvalue weighted by molar-refractivity contribution is 8.03. The number of hydrogen-bond donors (Lipinski definition) is 2. The van der Waals surface area contributed by atoms with Crippen LogP contribution in [0.5, 0.6) is 0 Å². The van der Waals surface area contributed by atoms with E-state index in [2.05, 4.69) is 14.0 Å². The number of aliphatic hydroxyl groups excluding tert-OH is 1. The minimum atomic E-state index is 0. The van der Waals surface area contributed by atoms with Crippen LogP contribution < -0.4 is 28.9 Å². The molecule has 66 valence electrons. The van der Waals surface area contributed by atoms with Crippen molar-refractivity contribution < 1.29 is 34.0 Å². The van der Waals surface area contributed by atoms with Gasteiger partial charge in [-0.2, -0.15) is 0 Å². The third kappa shape index (κ3) is 2.93. The highest BCUT2D eigenvalue weighted by atomic mass is 127. The van der Waals surface area contributed by atoms with E-state index in [0.29, 0.717) is 0 Å². The molecule has 0 saturated heterocycles. The largest absolute Gasteiger partial charge is 1.00 e. The van der Waals surface area contributed by atoms with Crippen molar-refractivity contribution in [1.82, 2.24) is 0 Å². The summed E-state index contributed by atoms with van der Waals surface area (Å²) in [4.78, 5) is 2.84. The van der Waals surface area contributed by atoms with E-state index in [1.165, 1.54) is 15.5 Å². The summed E-state index contributed by atoms with van der Waals surface area (Å²) in [5, 5.41) is 8.67. The van der Waals surface area contributed by atoms with Gasteiger partial charge in [0.2, 0.25) is 0 Å². The van der Waals surface area contributed by atoms with Crippen LogP contribution in [-0.4, -0.2) is 24.6 Å². The van der Waals surface area contributed by atoms with Gasteiger partial charge in [0.15, 0.2) is 0 Å². The highest BCUT2D eigenvalue weighted by Crippen LogP contribution is 2.22. The summed E-state index contributed by atoms with van der Waals surface area (Å²) in [5.41, 5.74) is 1.40. The van der Waals surface area contributed by atoms with E-state index < -0.39 is 0 Å². The van der Waals surface area contributed by atoms with Gasteiger partial charge in [-0.25, -0.2) is 0 Å². The lowest BCUT2D eigenvalue weighted by Crippen LogP contribution is -3.04. The van der Waals surface area contributed by atoms with Crippen molar-refractivity contribution in [1.29, 1.82) is 0 Å². The zero-order valence-electron chi connectivity index (χ0n) is 6.85. The van der Waals surface area contributed by atoms with Crippen LogP contribution in [0.25, 0.3) is 0 Å². The molecule has 1 aliphatic rings. The van der Waals surface area contributed by atoms with Crippen LogP contribution in [0.3, 0.4) is 0 Å². The van der Waals surface area contributed by atoms with Crippen LogP contribution in [0.2, 0.25) is 0 Å². The average Bonchev–Trinajstić information content (AvgIpc) is 2.20. The maximum absolute atomic E-state index is 8.67. The van der Waals surface area contributed by atoms with E-state index >= 15 is 0 Å². The van der Waals surface area contributed by atoms with E-state index in [1.807, 2.05) is 11.8 Å². The molecule has 0 radical (unpaired) electrons. The first-order valence-electron chi connectivity index (χ1n) is 3.52. The van der Waals surface area contributed by atoms with Crippen LogP contribution in [0.1, 0.15) is 13.3 Å². The standard InChI is InChI=1S/C7H13NOS.HI/c1-6-7(3-4-9)10-5-8(6)2;/h9H,3-5H2,1-2H3;1H. The smallest absolute Gasteiger partial charge is 0.132 e. The molecular formula is C7H14INOS. The van der Waals surface area contributed by atoms with Gasteiger partial charge in [0.1, 0.15) is 11.6 Å². The van der Waals surface area contributed by atoms with Crippen LogP contribution in [-0.2, 0) is 0 Å². The number of halogens is 1. The SMILES string of the molecule is CC1=C(CCO)SC[NH+]1C.[I-]. The quantitative estimate of drug-likeness (QED) is 0.524. The predicted octanol–water partition coefficient (Wildman–Crippen LogP) is -3.18. The third-order valence-electron chi connectivity index (χ3n) is 1.86. The number of aliphatic hydroxyl groups is 1. The van der Waals surface area contributed by atoms with Crippen LogP contribution in [0.15, 0.2) is 10.6 Å². The van der Waals surface area contributed by atoms with E-state index in [1.54, 1.807) is 0 Å². The Labute approximate surface area is 89.1 Å². The van der Waals surface area contributed by atoms with Crippen LogP contribution in [0.4, 0.5) is 0 Å². The molecule has 0 aromatic heterocycles. The zero-order chi connectivity index (χ0) is 7.56. The first-order valence-corrected chi connectivity index (χ1v) is 4.50. The van der Waals surface area contributed by atoms with Crippen molar-refractivity contribution in [2.24, 2.45) is 0 Å². The molecule has 1 rings (SSSR count). The molecule has 0 aromatic carbocycles. The molecular weight excluding hydrogens is 273 g/mol.